The van der Waals surface area contributed by atoms with Crippen LogP contribution < -0.4 is 0 Å². The van der Waals surface area contributed by atoms with Crippen LogP contribution in [-0.2, 0) is 4.79 Å². The monoisotopic (exact) mass is 192 g/mol. The van der Waals surface area contributed by atoms with E-state index in [0.717, 1.165) is 18.4 Å². The predicted octanol–water partition coefficient (Wildman–Crippen LogP) is 3.35. The van der Waals surface area contributed by atoms with Crippen LogP contribution in [0.4, 0.5) is 0 Å². The molecule has 2 fully saturated rings. The molecular weight excluding hydrogens is 172 g/mol. The van der Waals surface area contributed by atoms with Crippen LogP contribution in [0.5, 0.6) is 0 Å². The number of hydrogen-bond acceptors (Lipinski definition) is 1. The van der Waals surface area contributed by atoms with Crippen LogP contribution in [0.25, 0.3) is 0 Å². The molecule has 1 heteroatoms. The maximum Gasteiger partial charge on any atom is 0.165 e. The van der Waals surface area contributed by atoms with Gasteiger partial charge in [-0.2, -0.15) is 0 Å². The second-order valence-corrected chi connectivity index (χ2v) is 5.54. The molecule has 0 N–H and O–H groups in total. The molecular formula is C13H20O. The summed E-state index contributed by atoms with van der Waals surface area (Å²) in [6.07, 6.45) is 5.44. The number of hydrogen-bond donors (Lipinski definition) is 0. The van der Waals surface area contributed by atoms with Crippen molar-refractivity contribution in [3.8, 4) is 0 Å². The molecule has 78 valence electrons. The number of carbonyl (C=O) groups excluding carboxylic acids is 1. The van der Waals surface area contributed by atoms with E-state index in [9.17, 15) is 4.79 Å². The van der Waals surface area contributed by atoms with Crippen molar-refractivity contribution in [1.29, 1.82) is 0 Å². The minimum absolute atomic E-state index is 0.0708. The van der Waals surface area contributed by atoms with Gasteiger partial charge in [-0.15, -0.1) is 0 Å². The summed E-state index contributed by atoms with van der Waals surface area (Å²) in [6, 6.07) is 0. The van der Waals surface area contributed by atoms with Crippen LogP contribution >= 0.6 is 0 Å². The van der Waals surface area contributed by atoms with Crippen molar-refractivity contribution in [2.75, 3.05) is 0 Å². The largest absolute Gasteiger partial charge is 0.294 e. The van der Waals surface area contributed by atoms with Gasteiger partial charge < -0.3 is 0 Å². The third kappa shape index (κ3) is 0.884. The molecule has 2 saturated carbocycles. The van der Waals surface area contributed by atoms with Crippen molar-refractivity contribution >= 4 is 5.78 Å². The van der Waals surface area contributed by atoms with E-state index in [1.807, 2.05) is 0 Å². The quantitative estimate of drug-likeness (QED) is 0.582. The Hall–Kier alpha value is -0.590. The van der Waals surface area contributed by atoms with Gasteiger partial charge in [0.2, 0.25) is 0 Å². The molecule has 2 aliphatic rings. The third-order valence-electron chi connectivity index (χ3n) is 4.79. The Kier molecular flexibility index (Phi) is 1.93. The van der Waals surface area contributed by atoms with E-state index in [1.54, 1.807) is 0 Å². The van der Waals surface area contributed by atoms with Crippen LogP contribution in [0.1, 0.15) is 47.0 Å². The number of fused-ring (bicyclic) bond motifs is 2. The van der Waals surface area contributed by atoms with Gasteiger partial charge in [0.15, 0.2) is 5.78 Å². The van der Waals surface area contributed by atoms with Gasteiger partial charge in [-0.05, 0) is 36.2 Å². The Labute approximate surface area is 86.6 Å². The molecule has 0 radical (unpaired) electrons. The lowest BCUT2D eigenvalue weighted by molar-refractivity contribution is -0.125. The van der Waals surface area contributed by atoms with Gasteiger partial charge in [0, 0.05) is 5.41 Å². The molecule has 0 aromatic carbocycles. The molecule has 0 aromatic heterocycles. The minimum atomic E-state index is -0.0708. The number of ketones is 1. The summed E-state index contributed by atoms with van der Waals surface area (Å²) in [4.78, 5) is 12.2. The number of allylic oxidation sites excluding steroid dienone is 2. The average molecular weight is 192 g/mol. The first kappa shape index (κ1) is 9.95. The third-order valence-corrected chi connectivity index (χ3v) is 4.79. The summed E-state index contributed by atoms with van der Waals surface area (Å²) in [7, 11) is 0. The normalized spacial score (nSPS) is 42.4. The van der Waals surface area contributed by atoms with Crippen molar-refractivity contribution in [2.45, 2.75) is 47.0 Å². The molecule has 0 aliphatic heterocycles. The Morgan fingerprint density at radius 3 is 2.50 bits per heavy atom. The lowest BCUT2D eigenvalue weighted by atomic mass is 9.70. The minimum Gasteiger partial charge on any atom is -0.294 e. The Balaban J connectivity index is 2.49. The first-order valence-corrected chi connectivity index (χ1v) is 5.70. The lowest BCUT2D eigenvalue weighted by Gasteiger charge is -2.31. The molecule has 14 heavy (non-hydrogen) atoms. The highest BCUT2D eigenvalue weighted by Crippen LogP contribution is 2.65. The standard InChI is InChI=1S/C13H20O/c1-5-6-9-10-7-8-13(4,11(9)14)12(10,2)3/h6,10H,5,7-8H2,1-4H3/b9-6+/t10-,13+/m0/s1. The Morgan fingerprint density at radius 2 is 2.07 bits per heavy atom. The van der Waals surface area contributed by atoms with E-state index in [2.05, 4.69) is 33.8 Å². The number of carbonyl (C=O) groups is 1. The highest BCUT2D eigenvalue weighted by atomic mass is 16.1. The second kappa shape index (κ2) is 2.71. The smallest absolute Gasteiger partial charge is 0.165 e. The van der Waals surface area contributed by atoms with Gasteiger partial charge in [-0.3, -0.25) is 4.79 Å². The molecule has 0 amide bonds. The maximum atomic E-state index is 12.2. The summed E-state index contributed by atoms with van der Waals surface area (Å²) in [5.41, 5.74) is 1.25. The number of rotatable bonds is 1. The molecule has 2 rings (SSSR count). The van der Waals surface area contributed by atoms with E-state index < -0.39 is 0 Å². The summed E-state index contributed by atoms with van der Waals surface area (Å²) in [6.45, 7) is 8.80. The molecule has 2 aliphatic carbocycles. The molecule has 2 atom stereocenters. The lowest BCUT2D eigenvalue weighted by Crippen LogP contribution is -2.32. The van der Waals surface area contributed by atoms with Crippen LogP contribution in [0.2, 0.25) is 0 Å². The fourth-order valence-electron chi connectivity index (χ4n) is 3.38. The van der Waals surface area contributed by atoms with Gasteiger partial charge in [-0.1, -0.05) is 33.8 Å². The van der Waals surface area contributed by atoms with E-state index in [-0.39, 0.29) is 10.8 Å². The van der Waals surface area contributed by atoms with Gasteiger partial charge in [0.25, 0.3) is 0 Å². The maximum absolute atomic E-state index is 12.2. The first-order chi connectivity index (χ1) is 6.45. The molecule has 0 spiro atoms. The first-order valence-electron chi connectivity index (χ1n) is 5.70. The SMILES string of the molecule is CC/C=C1/C(=O)[C@@]2(C)CC[C@@H]1C2(C)C. The summed E-state index contributed by atoms with van der Waals surface area (Å²) in [5.74, 6) is 0.959. The molecule has 0 aromatic rings. The topological polar surface area (TPSA) is 17.1 Å². The van der Waals surface area contributed by atoms with Crippen molar-refractivity contribution in [3.63, 3.8) is 0 Å². The predicted molar refractivity (Wildman–Crippen MR) is 58.0 cm³/mol. The van der Waals surface area contributed by atoms with E-state index in [0.29, 0.717) is 11.7 Å². The van der Waals surface area contributed by atoms with Crippen LogP contribution in [0.15, 0.2) is 11.6 Å². The molecule has 0 heterocycles. The average Bonchev–Trinajstić information content (AvgIpc) is 2.41. The van der Waals surface area contributed by atoms with Gasteiger partial charge >= 0.3 is 0 Å². The summed E-state index contributed by atoms with van der Waals surface area (Å²) in [5, 5.41) is 0. The molecule has 2 bridgehead atoms. The van der Waals surface area contributed by atoms with E-state index in [4.69, 9.17) is 0 Å². The number of Topliss-reactive ketones (excluding diaryl/α,β-unsaturated/α-hetero) is 1. The molecule has 1 nitrogen and oxygen atoms in total. The Morgan fingerprint density at radius 1 is 1.43 bits per heavy atom. The van der Waals surface area contributed by atoms with Crippen LogP contribution in [0.3, 0.4) is 0 Å². The summed E-state index contributed by atoms with van der Waals surface area (Å²) < 4.78 is 0. The van der Waals surface area contributed by atoms with Gasteiger partial charge in [0.1, 0.15) is 0 Å². The van der Waals surface area contributed by atoms with Gasteiger partial charge in [-0.25, -0.2) is 0 Å². The van der Waals surface area contributed by atoms with Crippen LogP contribution in [-0.4, -0.2) is 5.78 Å². The fourth-order valence-corrected chi connectivity index (χ4v) is 3.38. The zero-order chi connectivity index (χ0) is 10.6. The zero-order valence-electron chi connectivity index (χ0n) is 9.68. The zero-order valence-corrected chi connectivity index (χ0v) is 9.68. The molecule has 0 saturated heterocycles. The summed E-state index contributed by atoms with van der Waals surface area (Å²) >= 11 is 0. The van der Waals surface area contributed by atoms with Crippen LogP contribution in [0, 0.1) is 16.7 Å². The molecule has 0 unspecified atom stereocenters. The van der Waals surface area contributed by atoms with Crippen molar-refractivity contribution in [3.05, 3.63) is 11.6 Å². The van der Waals surface area contributed by atoms with Crippen molar-refractivity contribution < 1.29 is 4.79 Å². The fraction of sp³-hybridized carbons (Fsp3) is 0.769. The van der Waals surface area contributed by atoms with E-state index >= 15 is 0 Å². The van der Waals surface area contributed by atoms with Crippen molar-refractivity contribution in [1.82, 2.24) is 0 Å². The second-order valence-electron chi connectivity index (χ2n) is 5.54. The Bertz CT molecular complexity index is 311. The van der Waals surface area contributed by atoms with Gasteiger partial charge in [0.05, 0.1) is 0 Å². The highest BCUT2D eigenvalue weighted by molar-refractivity contribution is 6.04. The van der Waals surface area contributed by atoms with E-state index in [1.165, 1.54) is 6.42 Å². The highest BCUT2D eigenvalue weighted by Gasteiger charge is 2.63. The van der Waals surface area contributed by atoms with Crippen molar-refractivity contribution in [2.24, 2.45) is 16.7 Å².